The third kappa shape index (κ3) is 3.32. The van der Waals surface area contributed by atoms with Crippen LogP contribution in [-0.4, -0.2) is 20.7 Å². The number of aromatic nitrogens is 3. The van der Waals surface area contributed by atoms with E-state index in [9.17, 15) is 4.79 Å². The van der Waals surface area contributed by atoms with Crippen molar-refractivity contribution in [2.45, 2.75) is 19.9 Å². The summed E-state index contributed by atoms with van der Waals surface area (Å²) >= 11 is 1.45. The van der Waals surface area contributed by atoms with Gasteiger partial charge in [-0.3, -0.25) is 9.48 Å². The van der Waals surface area contributed by atoms with E-state index in [1.54, 1.807) is 16.3 Å². The zero-order valence-electron chi connectivity index (χ0n) is 13.3. The predicted octanol–water partition coefficient (Wildman–Crippen LogP) is 3.34. The van der Waals surface area contributed by atoms with Crippen molar-refractivity contribution in [3.63, 3.8) is 0 Å². The van der Waals surface area contributed by atoms with Gasteiger partial charge >= 0.3 is 0 Å². The molecule has 0 fully saturated rings. The third-order valence-electron chi connectivity index (χ3n) is 3.69. The molecule has 1 aromatic carbocycles. The lowest BCUT2D eigenvalue weighted by Gasteiger charge is -2.15. The summed E-state index contributed by atoms with van der Waals surface area (Å²) in [6, 6.07) is 7.98. The Morgan fingerprint density at radius 2 is 2.13 bits per heavy atom. The van der Waals surface area contributed by atoms with E-state index in [2.05, 4.69) is 15.4 Å². The molecule has 3 aromatic rings. The highest BCUT2D eigenvalue weighted by atomic mass is 32.1. The zero-order chi connectivity index (χ0) is 16.4. The molecule has 0 aliphatic rings. The molecule has 1 atom stereocenters. The number of amides is 1. The maximum atomic E-state index is 12.4. The van der Waals surface area contributed by atoms with Crippen molar-refractivity contribution in [2.75, 3.05) is 0 Å². The molecule has 6 heteroatoms. The van der Waals surface area contributed by atoms with Gasteiger partial charge in [0.1, 0.15) is 10.7 Å². The molecule has 3 rings (SSSR count). The summed E-state index contributed by atoms with van der Waals surface area (Å²) in [4.78, 5) is 16.8. The molecule has 0 aliphatic heterocycles. The first kappa shape index (κ1) is 15.4. The third-order valence-corrected chi connectivity index (χ3v) is 4.58. The number of thiazole rings is 1. The van der Waals surface area contributed by atoms with Gasteiger partial charge in [0.15, 0.2) is 0 Å². The number of carbonyl (C=O) groups excluding carboxylic acids is 1. The molecule has 2 heterocycles. The summed E-state index contributed by atoms with van der Waals surface area (Å²) in [6.07, 6.45) is 3.63. The van der Waals surface area contributed by atoms with Crippen LogP contribution in [0.5, 0.6) is 0 Å². The first-order valence-corrected chi connectivity index (χ1v) is 8.23. The Bertz CT molecular complexity index is 836. The van der Waals surface area contributed by atoms with Crippen LogP contribution < -0.4 is 5.32 Å². The second-order valence-electron chi connectivity index (χ2n) is 5.49. The maximum Gasteiger partial charge on any atom is 0.271 e. The van der Waals surface area contributed by atoms with E-state index < -0.39 is 0 Å². The fourth-order valence-electron chi connectivity index (χ4n) is 2.46. The Labute approximate surface area is 139 Å². The lowest BCUT2D eigenvalue weighted by atomic mass is 10.0. The molecule has 118 valence electrons. The van der Waals surface area contributed by atoms with Crippen molar-refractivity contribution in [3.05, 3.63) is 58.9 Å². The van der Waals surface area contributed by atoms with Crippen LogP contribution in [0.4, 0.5) is 0 Å². The van der Waals surface area contributed by atoms with Crippen molar-refractivity contribution in [1.82, 2.24) is 20.1 Å². The summed E-state index contributed by atoms with van der Waals surface area (Å²) < 4.78 is 1.72. The van der Waals surface area contributed by atoms with Gasteiger partial charge in [-0.25, -0.2) is 4.98 Å². The molecule has 23 heavy (non-hydrogen) atoms. The van der Waals surface area contributed by atoms with Gasteiger partial charge in [-0.15, -0.1) is 11.3 Å². The smallest absolute Gasteiger partial charge is 0.271 e. The molecule has 0 saturated carbocycles. The Hall–Kier alpha value is -2.47. The van der Waals surface area contributed by atoms with Crippen LogP contribution in [0.1, 0.15) is 34.6 Å². The maximum absolute atomic E-state index is 12.4. The van der Waals surface area contributed by atoms with Crippen molar-refractivity contribution < 1.29 is 4.79 Å². The van der Waals surface area contributed by atoms with Crippen LogP contribution in [0.2, 0.25) is 0 Å². The van der Waals surface area contributed by atoms with Crippen molar-refractivity contribution in [3.8, 4) is 10.6 Å². The van der Waals surface area contributed by atoms with Gasteiger partial charge in [0, 0.05) is 24.2 Å². The van der Waals surface area contributed by atoms with Crippen LogP contribution in [0, 0.1) is 6.92 Å². The second-order valence-corrected chi connectivity index (χ2v) is 6.35. The van der Waals surface area contributed by atoms with E-state index >= 15 is 0 Å². The minimum absolute atomic E-state index is 0.0627. The van der Waals surface area contributed by atoms with E-state index in [1.807, 2.05) is 51.4 Å². The van der Waals surface area contributed by atoms with Gasteiger partial charge in [0.25, 0.3) is 5.91 Å². The van der Waals surface area contributed by atoms with Gasteiger partial charge in [0.2, 0.25) is 0 Å². The normalized spacial score (nSPS) is 12.1. The minimum Gasteiger partial charge on any atom is -0.344 e. The molecule has 0 unspecified atom stereocenters. The summed E-state index contributed by atoms with van der Waals surface area (Å²) in [6.45, 7) is 4.02. The Balaban J connectivity index is 1.74. The molecule has 0 radical (unpaired) electrons. The number of hydrogen-bond acceptors (Lipinski definition) is 4. The fourth-order valence-corrected chi connectivity index (χ4v) is 3.24. The monoisotopic (exact) mass is 326 g/mol. The molecule has 0 aliphatic carbocycles. The van der Waals surface area contributed by atoms with Crippen LogP contribution in [0.15, 0.2) is 42.0 Å². The Morgan fingerprint density at radius 1 is 1.35 bits per heavy atom. The molecule has 0 spiro atoms. The van der Waals surface area contributed by atoms with E-state index in [1.165, 1.54) is 11.3 Å². The molecule has 2 aromatic heterocycles. The number of hydrogen-bond donors (Lipinski definition) is 1. The van der Waals surface area contributed by atoms with Gasteiger partial charge in [-0.1, -0.05) is 24.3 Å². The average molecular weight is 326 g/mol. The molecule has 0 saturated heterocycles. The Kier molecular flexibility index (Phi) is 4.25. The molecule has 5 nitrogen and oxygen atoms in total. The molecule has 0 bridgehead atoms. The largest absolute Gasteiger partial charge is 0.344 e. The summed E-state index contributed by atoms with van der Waals surface area (Å²) in [5.41, 5.74) is 3.64. The zero-order valence-corrected chi connectivity index (χ0v) is 14.1. The van der Waals surface area contributed by atoms with Crippen LogP contribution in [0.25, 0.3) is 10.6 Å². The van der Waals surface area contributed by atoms with Crippen LogP contribution in [0.3, 0.4) is 0 Å². The topological polar surface area (TPSA) is 59.8 Å². The standard InChI is InChI=1S/C17H18N4OS/c1-11-6-4-5-7-14(11)12(2)19-16(22)15-10-23-17(20-15)13-8-18-21(3)9-13/h4-10,12H,1-3H3,(H,19,22)/t12-/m0/s1. The van der Waals surface area contributed by atoms with E-state index in [0.717, 1.165) is 21.7 Å². The summed E-state index contributed by atoms with van der Waals surface area (Å²) in [5.74, 6) is -0.160. The number of benzene rings is 1. The minimum atomic E-state index is -0.160. The number of aryl methyl sites for hydroxylation is 2. The van der Waals surface area contributed by atoms with Gasteiger partial charge in [-0.2, -0.15) is 5.10 Å². The molecule has 1 amide bonds. The van der Waals surface area contributed by atoms with E-state index in [-0.39, 0.29) is 11.9 Å². The number of nitrogens with zero attached hydrogens (tertiary/aromatic N) is 3. The highest BCUT2D eigenvalue weighted by Crippen LogP contribution is 2.23. The Morgan fingerprint density at radius 3 is 2.83 bits per heavy atom. The average Bonchev–Trinajstić information content (AvgIpc) is 3.16. The van der Waals surface area contributed by atoms with Gasteiger partial charge in [0.05, 0.1) is 12.2 Å². The number of rotatable bonds is 4. The first-order chi connectivity index (χ1) is 11.0. The highest BCUT2D eigenvalue weighted by molar-refractivity contribution is 7.13. The van der Waals surface area contributed by atoms with Crippen molar-refractivity contribution >= 4 is 17.2 Å². The highest BCUT2D eigenvalue weighted by Gasteiger charge is 2.16. The second kappa shape index (κ2) is 6.34. The van der Waals surface area contributed by atoms with Crippen molar-refractivity contribution in [2.24, 2.45) is 7.05 Å². The van der Waals surface area contributed by atoms with Crippen LogP contribution >= 0.6 is 11.3 Å². The lowest BCUT2D eigenvalue weighted by Crippen LogP contribution is -2.27. The van der Waals surface area contributed by atoms with E-state index in [0.29, 0.717) is 5.69 Å². The van der Waals surface area contributed by atoms with Gasteiger partial charge in [-0.05, 0) is 25.0 Å². The summed E-state index contributed by atoms with van der Waals surface area (Å²) in [7, 11) is 1.86. The molecular weight excluding hydrogens is 308 g/mol. The SMILES string of the molecule is Cc1ccccc1[C@H](C)NC(=O)c1csc(-c2cnn(C)c2)n1. The molecule has 1 N–H and O–H groups in total. The molecular formula is C17H18N4OS. The number of carbonyl (C=O) groups is 1. The number of nitrogens with one attached hydrogen (secondary N) is 1. The first-order valence-electron chi connectivity index (χ1n) is 7.35. The quantitative estimate of drug-likeness (QED) is 0.800. The fraction of sp³-hybridized carbons (Fsp3) is 0.235. The predicted molar refractivity (Wildman–Crippen MR) is 91.4 cm³/mol. The van der Waals surface area contributed by atoms with Crippen molar-refractivity contribution in [1.29, 1.82) is 0 Å². The van der Waals surface area contributed by atoms with Gasteiger partial charge < -0.3 is 5.32 Å². The van der Waals surface area contributed by atoms with Crippen LogP contribution in [-0.2, 0) is 7.05 Å². The van der Waals surface area contributed by atoms with E-state index in [4.69, 9.17) is 0 Å². The summed E-state index contributed by atoms with van der Waals surface area (Å²) in [5, 5.41) is 9.71. The lowest BCUT2D eigenvalue weighted by molar-refractivity contribution is 0.0935.